The molecule has 3 heteroatoms. The first-order valence-corrected chi connectivity index (χ1v) is 8.21. The van der Waals surface area contributed by atoms with Gasteiger partial charge in [0.05, 0.1) is 6.42 Å². The summed E-state index contributed by atoms with van der Waals surface area (Å²) in [5, 5.41) is 9.21. The minimum absolute atomic E-state index is 0.0196. The molecular weight excluding hydrogens is 312 g/mol. The summed E-state index contributed by atoms with van der Waals surface area (Å²) < 4.78 is 5.94. The summed E-state index contributed by atoms with van der Waals surface area (Å²) in [6.07, 6.45) is -0.0196. The lowest BCUT2D eigenvalue weighted by Crippen LogP contribution is -2.04. The second-order valence-electron chi connectivity index (χ2n) is 5.97. The van der Waals surface area contributed by atoms with Crippen LogP contribution in [0.15, 0.2) is 72.8 Å². The van der Waals surface area contributed by atoms with Crippen LogP contribution in [0.1, 0.15) is 16.7 Å². The molecule has 0 atom stereocenters. The Balaban J connectivity index is 1.95. The van der Waals surface area contributed by atoms with Crippen molar-refractivity contribution in [1.29, 1.82) is 0 Å². The molecule has 0 unspecified atom stereocenters. The number of carboxylic acid groups (broad SMARTS) is 1. The summed E-state index contributed by atoms with van der Waals surface area (Å²) in [7, 11) is 0. The molecule has 0 heterocycles. The second kappa shape index (κ2) is 7.67. The van der Waals surface area contributed by atoms with Crippen molar-refractivity contribution in [1.82, 2.24) is 0 Å². The predicted octanol–water partition coefficient (Wildman–Crippen LogP) is 4.87. The summed E-state index contributed by atoms with van der Waals surface area (Å²) in [5.74, 6) is -0.160. The van der Waals surface area contributed by atoms with Gasteiger partial charge in [0.25, 0.3) is 0 Å². The molecule has 1 N–H and O–H groups in total. The van der Waals surface area contributed by atoms with Crippen molar-refractivity contribution in [2.45, 2.75) is 20.0 Å². The molecule has 0 saturated carbocycles. The molecule has 0 bridgehead atoms. The van der Waals surface area contributed by atoms with Crippen molar-refractivity contribution in [3.8, 4) is 16.9 Å². The van der Waals surface area contributed by atoms with E-state index in [1.165, 1.54) is 0 Å². The molecule has 0 saturated heterocycles. The summed E-state index contributed by atoms with van der Waals surface area (Å²) >= 11 is 0. The van der Waals surface area contributed by atoms with E-state index in [9.17, 15) is 9.90 Å². The molecule has 0 radical (unpaired) electrons. The first kappa shape index (κ1) is 16.8. The van der Waals surface area contributed by atoms with Crippen LogP contribution in [-0.2, 0) is 17.8 Å². The van der Waals surface area contributed by atoms with Crippen molar-refractivity contribution in [3.63, 3.8) is 0 Å². The molecule has 3 aromatic carbocycles. The van der Waals surface area contributed by atoms with Crippen LogP contribution in [0.25, 0.3) is 11.1 Å². The van der Waals surface area contributed by atoms with Gasteiger partial charge in [0.2, 0.25) is 0 Å². The molecule has 0 aliphatic carbocycles. The van der Waals surface area contributed by atoms with Crippen molar-refractivity contribution < 1.29 is 14.6 Å². The van der Waals surface area contributed by atoms with Crippen molar-refractivity contribution in [3.05, 3.63) is 89.5 Å². The Labute approximate surface area is 147 Å². The first-order chi connectivity index (χ1) is 12.1. The fourth-order valence-corrected chi connectivity index (χ4v) is 2.83. The van der Waals surface area contributed by atoms with Crippen LogP contribution >= 0.6 is 0 Å². The van der Waals surface area contributed by atoms with Crippen LogP contribution in [0.2, 0.25) is 0 Å². The highest BCUT2D eigenvalue weighted by Crippen LogP contribution is 2.31. The SMILES string of the molecule is Cc1c(CC(=O)O)cc(OCc2ccccc2)cc1-c1ccccc1. The van der Waals surface area contributed by atoms with Gasteiger partial charge in [-0.1, -0.05) is 60.7 Å². The van der Waals surface area contributed by atoms with E-state index in [1.54, 1.807) is 0 Å². The highest BCUT2D eigenvalue weighted by Gasteiger charge is 2.12. The maximum atomic E-state index is 11.2. The van der Waals surface area contributed by atoms with E-state index in [0.29, 0.717) is 12.4 Å². The van der Waals surface area contributed by atoms with Gasteiger partial charge in [0, 0.05) is 0 Å². The lowest BCUT2D eigenvalue weighted by molar-refractivity contribution is -0.136. The zero-order chi connectivity index (χ0) is 17.6. The number of ether oxygens (including phenoxy) is 1. The van der Waals surface area contributed by atoms with Crippen LogP contribution < -0.4 is 4.74 Å². The Bertz CT molecular complexity index is 855. The Kier molecular flexibility index (Phi) is 5.14. The van der Waals surface area contributed by atoms with E-state index in [-0.39, 0.29) is 6.42 Å². The molecule has 3 rings (SSSR count). The third-order valence-corrected chi connectivity index (χ3v) is 4.16. The molecule has 0 spiro atoms. The molecule has 0 amide bonds. The van der Waals surface area contributed by atoms with E-state index in [0.717, 1.165) is 27.8 Å². The summed E-state index contributed by atoms with van der Waals surface area (Å²) in [6, 6.07) is 23.7. The van der Waals surface area contributed by atoms with Gasteiger partial charge in [-0.15, -0.1) is 0 Å². The number of benzene rings is 3. The number of hydrogen-bond acceptors (Lipinski definition) is 2. The topological polar surface area (TPSA) is 46.5 Å². The van der Waals surface area contributed by atoms with E-state index >= 15 is 0 Å². The molecule has 3 nitrogen and oxygen atoms in total. The van der Waals surface area contributed by atoms with E-state index < -0.39 is 5.97 Å². The van der Waals surface area contributed by atoms with Gasteiger partial charge in [-0.25, -0.2) is 0 Å². The first-order valence-electron chi connectivity index (χ1n) is 8.21. The zero-order valence-corrected chi connectivity index (χ0v) is 14.1. The quantitative estimate of drug-likeness (QED) is 0.700. The number of carbonyl (C=O) groups is 1. The average Bonchev–Trinajstić information content (AvgIpc) is 2.63. The third-order valence-electron chi connectivity index (χ3n) is 4.16. The lowest BCUT2D eigenvalue weighted by atomic mass is 9.94. The molecule has 0 fully saturated rings. The summed E-state index contributed by atoms with van der Waals surface area (Å²) in [4.78, 5) is 11.2. The van der Waals surface area contributed by atoms with Crippen molar-refractivity contribution >= 4 is 5.97 Å². The van der Waals surface area contributed by atoms with Crippen LogP contribution in [0, 0.1) is 6.92 Å². The molecule has 25 heavy (non-hydrogen) atoms. The fraction of sp³-hybridized carbons (Fsp3) is 0.136. The number of hydrogen-bond donors (Lipinski definition) is 1. The van der Waals surface area contributed by atoms with Crippen molar-refractivity contribution in [2.24, 2.45) is 0 Å². The fourth-order valence-electron chi connectivity index (χ4n) is 2.83. The molecule has 126 valence electrons. The van der Waals surface area contributed by atoms with Gasteiger partial charge >= 0.3 is 5.97 Å². The largest absolute Gasteiger partial charge is 0.489 e. The molecule has 3 aromatic rings. The van der Waals surface area contributed by atoms with Gasteiger partial charge in [-0.05, 0) is 46.9 Å². The normalized spacial score (nSPS) is 10.4. The van der Waals surface area contributed by atoms with Crippen LogP contribution in [0.5, 0.6) is 5.75 Å². The van der Waals surface area contributed by atoms with Gasteiger partial charge in [0.15, 0.2) is 0 Å². The minimum Gasteiger partial charge on any atom is -0.489 e. The van der Waals surface area contributed by atoms with Gasteiger partial charge in [0.1, 0.15) is 12.4 Å². The maximum absolute atomic E-state index is 11.2. The van der Waals surface area contributed by atoms with Crippen LogP contribution in [-0.4, -0.2) is 11.1 Å². The Morgan fingerprint density at radius 1 is 0.960 bits per heavy atom. The predicted molar refractivity (Wildman–Crippen MR) is 98.7 cm³/mol. The van der Waals surface area contributed by atoms with Crippen LogP contribution in [0.3, 0.4) is 0 Å². The third kappa shape index (κ3) is 4.27. The van der Waals surface area contributed by atoms with E-state index in [4.69, 9.17) is 4.74 Å². The average molecular weight is 332 g/mol. The second-order valence-corrected chi connectivity index (χ2v) is 5.97. The van der Waals surface area contributed by atoms with E-state index in [1.807, 2.05) is 79.7 Å². The zero-order valence-electron chi connectivity index (χ0n) is 14.1. The summed E-state index contributed by atoms with van der Waals surface area (Å²) in [5.41, 5.74) is 4.88. The molecule has 0 aliphatic rings. The minimum atomic E-state index is -0.845. The van der Waals surface area contributed by atoms with Gasteiger partial charge in [-0.2, -0.15) is 0 Å². The molecule has 0 aliphatic heterocycles. The molecule has 0 aromatic heterocycles. The standard InChI is InChI=1S/C22H20O3/c1-16-19(13-22(23)24)12-20(25-15-17-8-4-2-5-9-17)14-21(16)18-10-6-3-7-11-18/h2-12,14H,13,15H2,1H3,(H,23,24). The Hall–Kier alpha value is -3.07. The highest BCUT2D eigenvalue weighted by molar-refractivity contribution is 5.75. The Morgan fingerprint density at radius 2 is 1.60 bits per heavy atom. The number of rotatable bonds is 6. The number of carboxylic acids is 1. The van der Waals surface area contributed by atoms with Crippen LogP contribution in [0.4, 0.5) is 0 Å². The van der Waals surface area contributed by atoms with E-state index in [2.05, 4.69) is 0 Å². The van der Waals surface area contributed by atoms with Gasteiger partial charge in [-0.3, -0.25) is 4.79 Å². The molecular formula is C22H20O3. The maximum Gasteiger partial charge on any atom is 0.307 e. The lowest BCUT2D eigenvalue weighted by Gasteiger charge is -2.15. The highest BCUT2D eigenvalue weighted by atomic mass is 16.5. The summed E-state index contributed by atoms with van der Waals surface area (Å²) in [6.45, 7) is 2.41. The van der Waals surface area contributed by atoms with Crippen molar-refractivity contribution in [2.75, 3.05) is 0 Å². The number of aliphatic carboxylic acids is 1. The smallest absolute Gasteiger partial charge is 0.307 e. The van der Waals surface area contributed by atoms with Gasteiger partial charge < -0.3 is 9.84 Å². The Morgan fingerprint density at radius 3 is 2.24 bits per heavy atom. The monoisotopic (exact) mass is 332 g/mol.